The predicted molar refractivity (Wildman–Crippen MR) is 167 cm³/mol. The minimum atomic E-state index is -4.96. The average molecular weight is 621 g/mol. The van der Waals surface area contributed by atoms with Gasteiger partial charge in [-0.2, -0.15) is 8.42 Å². The molecule has 2 aliphatic heterocycles. The van der Waals surface area contributed by atoms with Crippen molar-refractivity contribution in [2.75, 3.05) is 32.8 Å². The first-order valence-electron chi connectivity index (χ1n) is 15.0. The second kappa shape index (κ2) is 11.3. The molecular formula is C33H38BFN2O6S. The Morgan fingerprint density at radius 1 is 0.932 bits per heavy atom. The van der Waals surface area contributed by atoms with E-state index in [-0.39, 0.29) is 18.6 Å². The first-order valence-corrected chi connectivity index (χ1v) is 16.4. The first kappa shape index (κ1) is 30.8. The number of carbonyl (C=O) groups is 1. The molecule has 2 saturated heterocycles. The summed E-state index contributed by atoms with van der Waals surface area (Å²) in [7, 11) is -5.79. The van der Waals surface area contributed by atoms with Crippen LogP contribution in [-0.4, -0.2) is 75.4 Å². The Labute approximate surface area is 259 Å². The molecule has 1 aliphatic carbocycles. The van der Waals surface area contributed by atoms with E-state index in [1.165, 1.54) is 34.4 Å². The highest BCUT2D eigenvalue weighted by atomic mass is 32.3. The molecule has 0 atom stereocenters. The van der Waals surface area contributed by atoms with Gasteiger partial charge in [-0.3, -0.25) is 4.90 Å². The van der Waals surface area contributed by atoms with Gasteiger partial charge in [-0.25, -0.2) is 4.79 Å². The predicted octanol–water partition coefficient (Wildman–Crippen LogP) is 5.02. The smallest absolute Gasteiger partial charge is 0.448 e. The molecule has 0 radical (unpaired) electrons. The van der Waals surface area contributed by atoms with Crippen molar-refractivity contribution in [3.8, 4) is 11.1 Å². The third kappa shape index (κ3) is 5.66. The molecule has 3 aromatic rings. The van der Waals surface area contributed by atoms with Crippen LogP contribution in [0, 0.1) is 6.92 Å². The van der Waals surface area contributed by atoms with Crippen LogP contribution in [0.25, 0.3) is 11.1 Å². The van der Waals surface area contributed by atoms with Crippen LogP contribution < -0.4 is 5.46 Å². The summed E-state index contributed by atoms with van der Waals surface area (Å²) in [6, 6.07) is 19.2. The number of carbonyl (C=O) groups excluding carboxylic acids is 1. The Morgan fingerprint density at radius 2 is 1.48 bits per heavy atom. The maximum absolute atomic E-state index is 14.3. The van der Waals surface area contributed by atoms with E-state index in [1.807, 2.05) is 58.9 Å². The van der Waals surface area contributed by atoms with E-state index < -0.39 is 33.4 Å². The fourth-order valence-corrected chi connectivity index (χ4v) is 6.85. The summed E-state index contributed by atoms with van der Waals surface area (Å²) >= 11 is 0. The van der Waals surface area contributed by atoms with Crippen LogP contribution in [0.1, 0.15) is 55.9 Å². The van der Waals surface area contributed by atoms with E-state index in [0.29, 0.717) is 43.8 Å². The van der Waals surface area contributed by atoms with Gasteiger partial charge in [0.25, 0.3) is 0 Å². The molecule has 8 nitrogen and oxygen atoms in total. The molecule has 1 amide bonds. The van der Waals surface area contributed by atoms with Crippen LogP contribution >= 0.6 is 0 Å². The van der Waals surface area contributed by atoms with E-state index in [9.17, 15) is 17.1 Å². The molecule has 0 bridgehead atoms. The molecule has 0 spiro atoms. The van der Waals surface area contributed by atoms with Gasteiger partial charge in [0.05, 0.1) is 16.1 Å². The van der Waals surface area contributed by atoms with Crippen LogP contribution in [-0.2, 0) is 30.8 Å². The lowest BCUT2D eigenvalue weighted by Crippen LogP contribution is -2.48. The van der Waals surface area contributed by atoms with E-state index in [1.54, 1.807) is 4.90 Å². The minimum absolute atomic E-state index is 0.00662. The summed E-state index contributed by atoms with van der Waals surface area (Å²) in [5.74, 6) is -0.00662. The van der Waals surface area contributed by atoms with Crippen LogP contribution in [0.15, 0.2) is 65.6 Å². The normalized spacial score (nSPS) is 19.6. The molecule has 232 valence electrons. The van der Waals surface area contributed by atoms with Crippen molar-refractivity contribution >= 4 is 28.9 Å². The third-order valence-corrected chi connectivity index (χ3v) is 10.5. The summed E-state index contributed by atoms with van der Waals surface area (Å²) in [6.07, 6.45) is -0.351. The quantitative estimate of drug-likeness (QED) is 0.283. The Kier molecular flexibility index (Phi) is 7.89. The number of nitrogens with zero attached hydrogens (tertiary/aromatic N) is 2. The number of piperazine rings is 1. The zero-order valence-corrected chi connectivity index (χ0v) is 26.6. The molecule has 3 aliphatic rings. The van der Waals surface area contributed by atoms with Crippen LogP contribution in [0.4, 0.5) is 8.68 Å². The second-order valence-corrected chi connectivity index (χ2v) is 14.2. The topological polar surface area (TPSA) is 85.4 Å². The summed E-state index contributed by atoms with van der Waals surface area (Å²) in [4.78, 5) is 16.5. The molecule has 3 aromatic carbocycles. The van der Waals surface area contributed by atoms with Crippen molar-refractivity contribution in [1.82, 2.24) is 9.80 Å². The summed E-state index contributed by atoms with van der Waals surface area (Å²) in [5.41, 5.74) is 5.37. The second-order valence-electron chi connectivity index (χ2n) is 12.9. The largest absolute Gasteiger partial charge is 0.495 e. The van der Waals surface area contributed by atoms with Gasteiger partial charge >= 0.3 is 23.4 Å². The summed E-state index contributed by atoms with van der Waals surface area (Å²) in [6.45, 7) is 12.2. The van der Waals surface area contributed by atoms with Crippen molar-refractivity contribution in [2.24, 2.45) is 0 Å². The highest BCUT2D eigenvalue weighted by Crippen LogP contribution is 2.44. The average Bonchev–Trinajstić information content (AvgIpc) is 3.41. The maximum atomic E-state index is 14.3. The van der Waals surface area contributed by atoms with E-state index >= 15 is 0 Å². The maximum Gasteiger partial charge on any atom is 0.495 e. The fourth-order valence-electron chi connectivity index (χ4n) is 6.30. The Morgan fingerprint density at radius 3 is 2.02 bits per heavy atom. The Balaban J connectivity index is 1.11. The zero-order valence-electron chi connectivity index (χ0n) is 25.8. The molecular weight excluding hydrogens is 582 g/mol. The number of hydrogen-bond donors (Lipinski definition) is 0. The van der Waals surface area contributed by atoms with Crippen molar-refractivity contribution in [2.45, 2.75) is 63.2 Å². The summed E-state index contributed by atoms with van der Waals surface area (Å²) < 4.78 is 56.5. The first-order chi connectivity index (χ1) is 20.7. The van der Waals surface area contributed by atoms with Crippen molar-refractivity contribution < 1.29 is 31.1 Å². The van der Waals surface area contributed by atoms with Gasteiger partial charge in [-0.1, -0.05) is 48.5 Å². The van der Waals surface area contributed by atoms with Crippen molar-refractivity contribution in [3.05, 3.63) is 82.9 Å². The van der Waals surface area contributed by atoms with Crippen LogP contribution in [0.5, 0.6) is 0 Å². The standard InChI is InChI=1S/C33H38BFN2O6S/c1-22-23(18-24(44(35,39)40)19-30(22)34-42-32(2,3)33(4,5)43-34)20-36-14-16-37(17-15-36)31(38)41-21-29-27-12-8-6-10-25(27)26-11-7-9-13-28(26)29/h6-13,18-19,29H,14-17,20-21H2,1-5H3. The molecule has 6 rings (SSSR count). The number of halogens is 1. The molecule has 2 heterocycles. The van der Waals surface area contributed by atoms with Gasteiger partial charge in [0, 0.05) is 38.6 Å². The number of rotatable bonds is 6. The lowest BCUT2D eigenvalue weighted by Gasteiger charge is -2.34. The number of fused-ring (bicyclic) bond motifs is 3. The molecule has 2 fully saturated rings. The highest BCUT2D eigenvalue weighted by Gasteiger charge is 2.52. The van der Waals surface area contributed by atoms with Crippen LogP contribution in [0.3, 0.4) is 0 Å². The van der Waals surface area contributed by atoms with Gasteiger partial charge < -0.3 is 18.9 Å². The summed E-state index contributed by atoms with van der Waals surface area (Å²) in [5, 5.41) is 0. The fraction of sp³-hybridized carbons (Fsp3) is 0.424. The number of hydrogen-bond acceptors (Lipinski definition) is 7. The molecule has 0 unspecified atom stereocenters. The number of benzene rings is 3. The lowest BCUT2D eigenvalue weighted by atomic mass is 9.75. The minimum Gasteiger partial charge on any atom is -0.448 e. The SMILES string of the molecule is Cc1c(CN2CCN(C(=O)OCC3c4ccccc4-c4ccccc43)CC2)cc(S(=O)(=O)F)cc1B1OC(C)(C)C(C)(C)O1. The molecule has 0 N–H and O–H groups in total. The van der Waals surface area contributed by atoms with Gasteiger partial charge in [0.1, 0.15) is 6.61 Å². The zero-order chi connectivity index (χ0) is 31.4. The lowest BCUT2D eigenvalue weighted by molar-refractivity contribution is 0.00578. The number of amides is 1. The highest BCUT2D eigenvalue weighted by molar-refractivity contribution is 7.86. The molecule has 44 heavy (non-hydrogen) atoms. The van der Waals surface area contributed by atoms with E-state index in [2.05, 4.69) is 29.2 Å². The van der Waals surface area contributed by atoms with Crippen molar-refractivity contribution in [1.29, 1.82) is 0 Å². The third-order valence-electron chi connectivity index (χ3n) is 9.68. The van der Waals surface area contributed by atoms with Gasteiger partial charge in [0.15, 0.2) is 0 Å². The van der Waals surface area contributed by atoms with Crippen molar-refractivity contribution in [3.63, 3.8) is 0 Å². The molecule has 0 saturated carbocycles. The molecule has 0 aromatic heterocycles. The van der Waals surface area contributed by atoms with Gasteiger partial charge in [-0.05, 0) is 85.6 Å². The number of ether oxygens (including phenoxy) is 1. The Hall–Kier alpha value is -3.25. The van der Waals surface area contributed by atoms with Gasteiger partial charge in [0.2, 0.25) is 0 Å². The molecule has 11 heteroatoms. The van der Waals surface area contributed by atoms with Gasteiger partial charge in [-0.15, -0.1) is 3.89 Å². The Bertz CT molecular complexity index is 1640. The monoisotopic (exact) mass is 620 g/mol. The van der Waals surface area contributed by atoms with E-state index in [4.69, 9.17) is 14.0 Å². The van der Waals surface area contributed by atoms with E-state index in [0.717, 1.165) is 5.56 Å². The van der Waals surface area contributed by atoms with Crippen LogP contribution in [0.2, 0.25) is 0 Å².